The summed E-state index contributed by atoms with van der Waals surface area (Å²) in [5.74, 6) is 0. The van der Waals surface area contributed by atoms with E-state index >= 15 is 0 Å². The molecule has 5 heteroatoms. The fourth-order valence-electron chi connectivity index (χ4n) is 0.0585. The van der Waals surface area contributed by atoms with Crippen LogP contribution in [-0.2, 0) is 14.7 Å². The predicted octanol–water partition coefficient (Wildman–Crippen LogP) is 0.430. The molecule has 1 rings (SSSR count). The number of hydrogen-bond donors (Lipinski definition) is 0. The van der Waals surface area contributed by atoms with Gasteiger partial charge in [0, 0.05) is 0 Å². The highest BCUT2D eigenvalue weighted by Gasteiger charge is 2.55. The summed E-state index contributed by atoms with van der Waals surface area (Å²) in [4.78, 5) is 9.00. The summed E-state index contributed by atoms with van der Waals surface area (Å²) in [6.45, 7) is 0. The Kier molecular flexibility index (Phi) is 0.566. The molecule has 0 bridgehead atoms. The second kappa shape index (κ2) is 0.868. The Morgan fingerprint density at radius 1 is 1.50 bits per heavy atom. The third kappa shape index (κ3) is 0.469. The van der Waals surface area contributed by atoms with Crippen molar-refractivity contribution in [1.82, 2.24) is 0 Å². The maximum absolute atomic E-state index is 11.2. The SMILES string of the molecule is FOC1(F)OO1. The Labute approximate surface area is 31.2 Å². The fourth-order valence-corrected chi connectivity index (χ4v) is 0.0585. The predicted molar refractivity (Wildman–Crippen MR) is 8.20 cm³/mol. The van der Waals surface area contributed by atoms with Crippen LogP contribution < -0.4 is 0 Å². The molecular formula is CF2O3. The first-order valence-corrected chi connectivity index (χ1v) is 1.12. The Morgan fingerprint density at radius 2 is 2.00 bits per heavy atom. The maximum Gasteiger partial charge on any atom is 0.533 e. The summed E-state index contributed by atoms with van der Waals surface area (Å²) < 4.78 is 21.6. The van der Waals surface area contributed by atoms with Crippen LogP contribution in [0.25, 0.3) is 0 Å². The van der Waals surface area contributed by atoms with E-state index in [4.69, 9.17) is 0 Å². The van der Waals surface area contributed by atoms with Crippen molar-refractivity contribution in [3.63, 3.8) is 0 Å². The molecule has 0 aromatic rings. The molecule has 1 heterocycles. The molecule has 1 fully saturated rings. The molecule has 0 spiro atoms. The fraction of sp³-hybridized carbons (Fsp3) is 1.00. The quantitative estimate of drug-likeness (QED) is 0.352. The first-order valence-electron chi connectivity index (χ1n) is 1.12. The van der Waals surface area contributed by atoms with Gasteiger partial charge in [-0.15, -0.1) is 14.2 Å². The van der Waals surface area contributed by atoms with Crippen LogP contribution in [0.4, 0.5) is 8.92 Å². The molecule has 0 amide bonds. The summed E-state index contributed by atoms with van der Waals surface area (Å²) in [7, 11) is 0. The highest BCUT2D eigenvalue weighted by atomic mass is 19.3. The lowest BCUT2D eigenvalue weighted by molar-refractivity contribution is -0.299. The van der Waals surface area contributed by atoms with E-state index in [-0.39, 0.29) is 0 Å². The van der Waals surface area contributed by atoms with Crippen molar-refractivity contribution in [3.8, 4) is 0 Å². The molecule has 1 aliphatic heterocycles. The minimum atomic E-state index is -2.88. The average Bonchev–Trinajstić information content (AvgIpc) is 2.22. The lowest BCUT2D eigenvalue weighted by atomic mass is 11.3. The van der Waals surface area contributed by atoms with Gasteiger partial charge in [0.25, 0.3) is 0 Å². The van der Waals surface area contributed by atoms with Gasteiger partial charge in [-0.25, -0.2) is 0 Å². The second-order valence-corrected chi connectivity index (χ2v) is 0.725. The molecule has 0 saturated carbocycles. The largest absolute Gasteiger partial charge is 0.533 e. The van der Waals surface area contributed by atoms with E-state index in [1.807, 2.05) is 0 Å². The number of hydrogen-bond acceptors (Lipinski definition) is 3. The van der Waals surface area contributed by atoms with E-state index in [9.17, 15) is 8.92 Å². The van der Waals surface area contributed by atoms with Gasteiger partial charge in [-0.1, -0.05) is 4.94 Å². The summed E-state index contributed by atoms with van der Waals surface area (Å²) in [6.07, 6.45) is -2.88. The molecule has 0 atom stereocenters. The van der Waals surface area contributed by atoms with Crippen LogP contribution in [0.15, 0.2) is 0 Å². The zero-order valence-electron chi connectivity index (χ0n) is 2.48. The molecule has 0 unspecified atom stereocenters. The van der Waals surface area contributed by atoms with Crippen LogP contribution in [0.1, 0.15) is 0 Å². The average molecular weight is 98.0 g/mol. The van der Waals surface area contributed by atoms with Crippen LogP contribution in [0.2, 0.25) is 0 Å². The molecule has 0 N–H and O–H groups in total. The Balaban J connectivity index is 2.28. The van der Waals surface area contributed by atoms with Gasteiger partial charge in [0.2, 0.25) is 0 Å². The lowest BCUT2D eigenvalue weighted by Gasteiger charge is -1.76. The minimum Gasteiger partial charge on any atom is -0.146 e. The van der Waals surface area contributed by atoms with Crippen LogP contribution >= 0.6 is 0 Å². The molecule has 0 aromatic carbocycles. The van der Waals surface area contributed by atoms with Crippen LogP contribution in [0, 0.1) is 0 Å². The smallest absolute Gasteiger partial charge is 0.146 e. The Morgan fingerprint density at radius 3 is 2.00 bits per heavy atom. The molecule has 0 aliphatic carbocycles. The Hall–Kier alpha value is -0.260. The minimum absolute atomic E-state index is 2.44. The number of alkyl halides is 1. The van der Waals surface area contributed by atoms with Gasteiger partial charge in [-0.05, 0) is 4.53 Å². The van der Waals surface area contributed by atoms with Gasteiger partial charge in [-0.2, -0.15) is 0 Å². The van der Waals surface area contributed by atoms with Crippen molar-refractivity contribution in [2.24, 2.45) is 0 Å². The lowest BCUT2D eigenvalue weighted by Crippen LogP contribution is -1.98. The van der Waals surface area contributed by atoms with Gasteiger partial charge in [-0.3, -0.25) is 0 Å². The van der Waals surface area contributed by atoms with E-state index in [2.05, 4.69) is 14.7 Å². The zero-order chi connectivity index (χ0) is 4.62. The van der Waals surface area contributed by atoms with E-state index in [1.165, 1.54) is 0 Å². The van der Waals surface area contributed by atoms with Gasteiger partial charge < -0.3 is 0 Å². The summed E-state index contributed by atoms with van der Waals surface area (Å²) in [6, 6.07) is 0. The third-order valence-electron chi connectivity index (χ3n) is 0.307. The van der Waals surface area contributed by atoms with Crippen LogP contribution in [-0.4, -0.2) is 6.23 Å². The van der Waals surface area contributed by atoms with Crippen molar-refractivity contribution in [1.29, 1.82) is 0 Å². The highest BCUT2D eigenvalue weighted by molar-refractivity contribution is 4.30. The first-order chi connectivity index (χ1) is 2.77. The van der Waals surface area contributed by atoms with Crippen molar-refractivity contribution in [2.75, 3.05) is 0 Å². The molecule has 0 aromatic heterocycles. The molecular weight excluding hydrogens is 98.0 g/mol. The normalized spacial score (nSPS) is 27.0. The van der Waals surface area contributed by atoms with Crippen LogP contribution in [0.5, 0.6) is 0 Å². The van der Waals surface area contributed by atoms with E-state index in [0.29, 0.717) is 0 Å². The van der Waals surface area contributed by atoms with E-state index in [0.717, 1.165) is 0 Å². The molecule has 0 radical (unpaired) electrons. The number of rotatable bonds is 1. The summed E-state index contributed by atoms with van der Waals surface area (Å²) in [5.41, 5.74) is 0. The van der Waals surface area contributed by atoms with Crippen LogP contribution in [0.3, 0.4) is 0 Å². The second-order valence-electron chi connectivity index (χ2n) is 0.725. The molecule has 6 heavy (non-hydrogen) atoms. The van der Waals surface area contributed by atoms with E-state index in [1.54, 1.807) is 0 Å². The van der Waals surface area contributed by atoms with Crippen molar-refractivity contribution in [2.45, 2.75) is 6.23 Å². The molecule has 1 aliphatic rings. The van der Waals surface area contributed by atoms with Gasteiger partial charge in [0.1, 0.15) is 0 Å². The van der Waals surface area contributed by atoms with Crippen molar-refractivity contribution >= 4 is 0 Å². The third-order valence-corrected chi connectivity index (χ3v) is 0.307. The van der Waals surface area contributed by atoms with Gasteiger partial charge >= 0.3 is 6.23 Å². The molecule has 3 nitrogen and oxygen atoms in total. The van der Waals surface area contributed by atoms with Gasteiger partial charge in [0.05, 0.1) is 0 Å². The van der Waals surface area contributed by atoms with E-state index < -0.39 is 6.23 Å². The summed E-state index contributed by atoms with van der Waals surface area (Å²) in [5, 5.41) is 0. The topological polar surface area (TPSA) is 34.3 Å². The molecule has 1 saturated heterocycles. The first kappa shape index (κ1) is 3.91. The van der Waals surface area contributed by atoms with Crippen molar-refractivity contribution < 1.29 is 23.6 Å². The van der Waals surface area contributed by atoms with Crippen molar-refractivity contribution in [3.05, 3.63) is 0 Å². The Bertz CT molecular complexity index is 59.8. The summed E-state index contributed by atoms with van der Waals surface area (Å²) >= 11 is 0. The van der Waals surface area contributed by atoms with Gasteiger partial charge in [0.15, 0.2) is 0 Å². The standard InChI is InChI=1S/CF2O3/c2-1(4-3)5-6-1. The molecule has 36 valence electrons. The highest BCUT2D eigenvalue weighted by Crippen LogP contribution is 2.31. The zero-order valence-corrected chi connectivity index (χ0v) is 2.48. The number of halogens is 2. The monoisotopic (exact) mass is 98.0 g/mol. The maximum atomic E-state index is 11.2.